The van der Waals surface area contributed by atoms with Crippen LogP contribution in [0.1, 0.15) is 18.5 Å². The van der Waals surface area contributed by atoms with E-state index in [4.69, 9.17) is 9.47 Å². The molecule has 0 spiro atoms. The Labute approximate surface area is 206 Å². The van der Waals surface area contributed by atoms with E-state index >= 15 is 0 Å². The average molecular weight is 486 g/mol. The number of allylic oxidation sites excluding steroid dienone is 1. The van der Waals surface area contributed by atoms with Gasteiger partial charge in [0.1, 0.15) is 0 Å². The van der Waals surface area contributed by atoms with Crippen molar-refractivity contribution in [3.63, 3.8) is 0 Å². The molecule has 2 N–H and O–H groups in total. The van der Waals surface area contributed by atoms with E-state index in [1.165, 1.54) is 26.4 Å². The number of benzene rings is 3. The smallest absolute Gasteiger partial charge is 0.279 e. The Morgan fingerprint density at radius 3 is 2.42 bits per heavy atom. The summed E-state index contributed by atoms with van der Waals surface area (Å²) in [5, 5.41) is 18.3. The predicted molar refractivity (Wildman–Crippen MR) is 136 cm³/mol. The molecule has 182 valence electrons. The van der Waals surface area contributed by atoms with Crippen molar-refractivity contribution in [2.45, 2.75) is 13.0 Å². The molecule has 5 rings (SSSR count). The molecular formula is C26H23N5O5. The Hall–Kier alpha value is -4.86. The third-order valence-corrected chi connectivity index (χ3v) is 6.16. The quantitative estimate of drug-likeness (QED) is 0.291. The number of carbonyl (C=O) groups is 1. The fourth-order valence-corrected chi connectivity index (χ4v) is 4.51. The van der Waals surface area contributed by atoms with Crippen LogP contribution in [0.15, 0.2) is 72.3 Å². The zero-order valence-corrected chi connectivity index (χ0v) is 19.8. The van der Waals surface area contributed by atoms with Gasteiger partial charge in [-0.15, -0.1) is 0 Å². The third kappa shape index (κ3) is 3.78. The Kier molecular flexibility index (Phi) is 5.77. The van der Waals surface area contributed by atoms with E-state index in [2.05, 4.69) is 15.6 Å². The molecule has 10 heteroatoms. The van der Waals surface area contributed by atoms with Crippen molar-refractivity contribution in [1.82, 2.24) is 9.55 Å². The van der Waals surface area contributed by atoms with E-state index in [9.17, 15) is 14.9 Å². The number of para-hydroxylation sites is 3. The summed E-state index contributed by atoms with van der Waals surface area (Å²) in [6.07, 6.45) is 0. The maximum absolute atomic E-state index is 13.7. The summed E-state index contributed by atoms with van der Waals surface area (Å²) in [6, 6.07) is 18.5. The molecular weight excluding hydrogens is 462 g/mol. The van der Waals surface area contributed by atoms with E-state index in [0.29, 0.717) is 28.7 Å². The van der Waals surface area contributed by atoms with Gasteiger partial charge in [0.2, 0.25) is 5.95 Å². The highest BCUT2D eigenvalue weighted by Gasteiger charge is 2.37. The summed E-state index contributed by atoms with van der Waals surface area (Å²) in [7, 11) is 2.86. The van der Waals surface area contributed by atoms with Crippen LogP contribution >= 0.6 is 0 Å². The minimum Gasteiger partial charge on any atom is -0.493 e. The summed E-state index contributed by atoms with van der Waals surface area (Å²) in [5.74, 6) is 0.592. The molecule has 1 aromatic heterocycles. The number of rotatable bonds is 6. The van der Waals surface area contributed by atoms with Gasteiger partial charge < -0.3 is 20.1 Å². The first-order valence-corrected chi connectivity index (χ1v) is 11.1. The maximum Gasteiger partial charge on any atom is 0.279 e. The highest BCUT2D eigenvalue weighted by Crippen LogP contribution is 2.44. The highest BCUT2D eigenvalue weighted by atomic mass is 16.6. The van der Waals surface area contributed by atoms with Gasteiger partial charge >= 0.3 is 0 Å². The molecule has 1 aliphatic heterocycles. The first-order valence-electron chi connectivity index (χ1n) is 11.1. The van der Waals surface area contributed by atoms with Crippen LogP contribution in [0.3, 0.4) is 0 Å². The molecule has 0 unspecified atom stereocenters. The average Bonchev–Trinajstić information content (AvgIpc) is 3.27. The normalized spacial score (nSPS) is 14.7. The second-order valence-electron chi connectivity index (χ2n) is 8.18. The van der Waals surface area contributed by atoms with E-state index in [-0.39, 0.29) is 17.0 Å². The fourth-order valence-electron chi connectivity index (χ4n) is 4.51. The summed E-state index contributed by atoms with van der Waals surface area (Å²) < 4.78 is 12.6. The number of hydrogen-bond acceptors (Lipinski definition) is 7. The van der Waals surface area contributed by atoms with E-state index in [1.54, 1.807) is 19.1 Å². The van der Waals surface area contributed by atoms with Crippen molar-refractivity contribution >= 4 is 40.0 Å². The first kappa shape index (κ1) is 22.9. The molecule has 0 saturated heterocycles. The number of nitro groups is 1. The Bertz CT molecular complexity index is 1530. The van der Waals surface area contributed by atoms with Crippen LogP contribution in [0.25, 0.3) is 16.7 Å². The number of hydrogen-bond donors (Lipinski definition) is 2. The molecule has 1 aliphatic rings. The molecule has 0 aliphatic carbocycles. The highest BCUT2D eigenvalue weighted by molar-refractivity contribution is 6.10. The lowest BCUT2D eigenvalue weighted by atomic mass is 9.93. The lowest BCUT2D eigenvalue weighted by Crippen LogP contribution is -2.30. The zero-order valence-electron chi connectivity index (χ0n) is 19.8. The molecule has 10 nitrogen and oxygen atoms in total. The number of amides is 1. The van der Waals surface area contributed by atoms with E-state index in [1.807, 2.05) is 47.0 Å². The summed E-state index contributed by atoms with van der Waals surface area (Å²) in [4.78, 5) is 30.0. The second kappa shape index (κ2) is 9.06. The van der Waals surface area contributed by atoms with E-state index < -0.39 is 16.9 Å². The van der Waals surface area contributed by atoms with Gasteiger partial charge in [-0.25, -0.2) is 4.98 Å². The van der Waals surface area contributed by atoms with Gasteiger partial charge in [0.15, 0.2) is 11.5 Å². The largest absolute Gasteiger partial charge is 0.493 e. The van der Waals surface area contributed by atoms with Gasteiger partial charge in [-0.1, -0.05) is 30.3 Å². The Morgan fingerprint density at radius 2 is 1.72 bits per heavy atom. The lowest BCUT2D eigenvalue weighted by molar-refractivity contribution is -0.385. The number of nitrogens with zero attached hydrogens (tertiary/aromatic N) is 3. The number of nitrogens with one attached hydrogen (secondary N) is 2. The summed E-state index contributed by atoms with van der Waals surface area (Å²) in [5.41, 5.74) is 3.07. The number of anilines is 2. The Balaban J connectivity index is 1.74. The zero-order chi connectivity index (χ0) is 25.4. The minimum absolute atomic E-state index is 0.215. The van der Waals surface area contributed by atoms with Gasteiger partial charge in [0.25, 0.3) is 11.6 Å². The molecule has 0 saturated carbocycles. The second-order valence-corrected chi connectivity index (χ2v) is 8.18. The standard InChI is InChI=1S/C26H23N5O5/c1-15-23(25(32)27-16-9-5-4-6-10-16)24(29-26-28-18-11-7-8-12-19(18)30(15)26)17-13-21(35-2)22(36-3)14-20(17)31(33)34/h4-14,24H,1-3H3,(H,27,32)(H,28,29)/t24-/m0/s1. The van der Waals surface area contributed by atoms with Gasteiger partial charge in [0, 0.05) is 11.4 Å². The van der Waals surface area contributed by atoms with Crippen LogP contribution in [-0.2, 0) is 4.79 Å². The number of carbonyl (C=O) groups excluding carboxylic acids is 1. The van der Waals surface area contributed by atoms with Crippen LogP contribution in [0.2, 0.25) is 0 Å². The lowest BCUT2D eigenvalue weighted by Gasteiger charge is -2.30. The predicted octanol–water partition coefficient (Wildman–Crippen LogP) is 5.00. The summed E-state index contributed by atoms with van der Waals surface area (Å²) in [6.45, 7) is 1.80. The van der Waals surface area contributed by atoms with Crippen molar-refractivity contribution < 1.29 is 19.2 Å². The van der Waals surface area contributed by atoms with Crippen LogP contribution in [0.4, 0.5) is 17.3 Å². The molecule has 0 fully saturated rings. The Morgan fingerprint density at radius 1 is 1.06 bits per heavy atom. The van der Waals surface area contributed by atoms with Crippen molar-refractivity contribution in [1.29, 1.82) is 0 Å². The van der Waals surface area contributed by atoms with Crippen molar-refractivity contribution in [3.05, 3.63) is 88.0 Å². The molecule has 36 heavy (non-hydrogen) atoms. The molecule has 3 aromatic carbocycles. The summed E-state index contributed by atoms with van der Waals surface area (Å²) >= 11 is 0. The molecule has 4 aromatic rings. The molecule has 0 bridgehead atoms. The SMILES string of the molecule is COc1cc([C@@H]2Nc3nc4ccccc4n3C(C)=C2C(=O)Nc2ccccc2)c([N+](=O)[O-])cc1OC. The van der Waals surface area contributed by atoms with Gasteiger partial charge in [-0.2, -0.15) is 0 Å². The van der Waals surface area contributed by atoms with Gasteiger partial charge in [-0.3, -0.25) is 19.5 Å². The molecule has 1 amide bonds. The fraction of sp³-hybridized carbons (Fsp3) is 0.154. The monoisotopic (exact) mass is 485 g/mol. The van der Waals surface area contributed by atoms with Gasteiger partial charge in [-0.05, 0) is 37.3 Å². The minimum atomic E-state index is -0.891. The molecule has 0 radical (unpaired) electrons. The van der Waals surface area contributed by atoms with Crippen LogP contribution in [0.5, 0.6) is 11.5 Å². The first-order chi connectivity index (χ1) is 17.4. The van der Waals surface area contributed by atoms with Crippen LogP contribution in [0, 0.1) is 10.1 Å². The van der Waals surface area contributed by atoms with Crippen LogP contribution < -0.4 is 20.1 Å². The number of nitro benzene ring substituents is 1. The number of ether oxygens (including phenoxy) is 2. The maximum atomic E-state index is 13.7. The topological polar surface area (TPSA) is 121 Å². The number of fused-ring (bicyclic) bond motifs is 3. The molecule has 1 atom stereocenters. The van der Waals surface area contributed by atoms with Crippen molar-refractivity contribution in [3.8, 4) is 11.5 Å². The third-order valence-electron chi connectivity index (χ3n) is 6.16. The molecule has 2 heterocycles. The van der Waals surface area contributed by atoms with E-state index in [0.717, 1.165) is 11.0 Å². The number of methoxy groups -OCH3 is 2. The van der Waals surface area contributed by atoms with Gasteiger partial charge in [0.05, 0.1) is 53.4 Å². The number of aromatic nitrogens is 2. The number of imidazole rings is 1. The van der Waals surface area contributed by atoms with Crippen LogP contribution in [-0.4, -0.2) is 34.6 Å². The van der Waals surface area contributed by atoms with Crippen molar-refractivity contribution in [2.75, 3.05) is 24.9 Å². The van der Waals surface area contributed by atoms with Crippen molar-refractivity contribution in [2.24, 2.45) is 0 Å².